The largest absolute Gasteiger partial charge is 0.322 e. The minimum Gasteiger partial charge on any atom is -0.322 e. The molecule has 6 heteroatoms. The van der Waals surface area contributed by atoms with E-state index in [-0.39, 0.29) is 11.8 Å². The zero-order chi connectivity index (χ0) is 23.8. The number of thiophene rings is 1. The van der Waals surface area contributed by atoms with Crippen molar-refractivity contribution < 1.29 is 9.59 Å². The van der Waals surface area contributed by atoms with Gasteiger partial charge in [-0.1, -0.05) is 47.5 Å². The van der Waals surface area contributed by atoms with Crippen LogP contribution in [0, 0.1) is 13.8 Å². The van der Waals surface area contributed by atoms with Crippen molar-refractivity contribution in [3.05, 3.63) is 115 Å². The average Bonchev–Trinajstić information content (AvgIpc) is 3.19. The van der Waals surface area contributed by atoms with E-state index in [1.807, 2.05) is 50.2 Å². The van der Waals surface area contributed by atoms with Crippen LogP contribution in [0.4, 0.5) is 11.4 Å². The molecular weight excluding hydrogens is 464 g/mol. The van der Waals surface area contributed by atoms with Crippen LogP contribution < -0.4 is 10.2 Å². The topological polar surface area (TPSA) is 49.4 Å². The normalized spacial score (nSPS) is 12.5. The van der Waals surface area contributed by atoms with Crippen LogP contribution in [0.3, 0.4) is 0 Å². The molecule has 5 rings (SSSR count). The molecule has 0 aliphatic carbocycles. The fourth-order valence-electron chi connectivity index (χ4n) is 4.29. The first kappa shape index (κ1) is 22.4. The number of hydrogen-bond acceptors (Lipinski definition) is 3. The van der Waals surface area contributed by atoms with Gasteiger partial charge in [-0.2, -0.15) is 0 Å². The molecule has 3 aromatic carbocycles. The van der Waals surface area contributed by atoms with Crippen LogP contribution in [0.5, 0.6) is 0 Å². The van der Waals surface area contributed by atoms with Gasteiger partial charge in [0.2, 0.25) is 0 Å². The van der Waals surface area contributed by atoms with Crippen molar-refractivity contribution in [3.8, 4) is 0 Å². The van der Waals surface area contributed by atoms with Gasteiger partial charge in [-0.25, -0.2) is 0 Å². The Kier molecular flexibility index (Phi) is 5.98. The summed E-state index contributed by atoms with van der Waals surface area (Å²) >= 11 is 8.30. The van der Waals surface area contributed by atoms with Crippen molar-refractivity contribution in [2.45, 2.75) is 26.8 Å². The third-order valence-corrected chi connectivity index (χ3v) is 7.42. The first-order valence-corrected chi connectivity index (χ1v) is 12.3. The fraction of sp³-hybridized carbons (Fsp3) is 0.143. The van der Waals surface area contributed by atoms with Gasteiger partial charge in [0, 0.05) is 28.2 Å². The lowest BCUT2D eigenvalue weighted by atomic mass is 10.0. The summed E-state index contributed by atoms with van der Waals surface area (Å²) in [7, 11) is 0. The van der Waals surface area contributed by atoms with Crippen molar-refractivity contribution >= 4 is 46.1 Å². The van der Waals surface area contributed by atoms with E-state index in [1.54, 1.807) is 34.4 Å². The fourth-order valence-corrected chi connectivity index (χ4v) is 5.47. The number of aryl methyl sites for hydroxylation is 2. The third kappa shape index (κ3) is 4.25. The maximum absolute atomic E-state index is 13.7. The van der Waals surface area contributed by atoms with E-state index in [9.17, 15) is 9.59 Å². The van der Waals surface area contributed by atoms with Crippen molar-refractivity contribution in [1.29, 1.82) is 0 Å². The second kappa shape index (κ2) is 9.09. The lowest BCUT2D eigenvalue weighted by Gasteiger charge is -2.24. The van der Waals surface area contributed by atoms with Crippen LogP contribution in [-0.2, 0) is 13.0 Å². The molecule has 2 heterocycles. The quantitative estimate of drug-likeness (QED) is 0.338. The van der Waals surface area contributed by atoms with Gasteiger partial charge in [-0.05, 0) is 72.3 Å². The Morgan fingerprint density at radius 2 is 1.76 bits per heavy atom. The smallest absolute Gasteiger partial charge is 0.260 e. The molecule has 0 bridgehead atoms. The van der Waals surface area contributed by atoms with Crippen LogP contribution >= 0.6 is 22.9 Å². The van der Waals surface area contributed by atoms with Crippen LogP contribution in [0.25, 0.3) is 0 Å². The van der Waals surface area contributed by atoms with E-state index in [4.69, 9.17) is 11.6 Å². The molecule has 170 valence electrons. The molecule has 1 N–H and O–H groups in total. The molecule has 0 fully saturated rings. The molecular formula is C28H23ClN2O2S. The Balaban J connectivity index is 1.43. The van der Waals surface area contributed by atoms with Crippen LogP contribution in [0.15, 0.2) is 72.1 Å². The lowest BCUT2D eigenvalue weighted by molar-refractivity contribution is 0.0984. The standard InChI is InChI=1S/C28H23ClN2O2S/c1-17-7-8-18(2)23(13-17)27(32)30-21-9-10-22(24(29)15-21)28(33)31-16-20-11-12-34-26(20)14-19-5-3-4-6-25(19)31/h3-13,15H,14,16H2,1-2H3,(H,30,32). The number of nitrogens with one attached hydrogen (secondary N) is 1. The highest BCUT2D eigenvalue weighted by Crippen LogP contribution is 2.35. The highest BCUT2D eigenvalue weighted by atomic mass is 35.5. The van der Waals surface area contributed by atoms with E-state index < -0.39 is 0 Å². The monoisotopic (exact) mass is 486 g/mol. The van der Waals surface area contributed by atoms with E-state index in [0.717, 1.165) is 34.4 Å². The predicted molar refractivity (Wildman–Crippen MR) is 139 cm³/mol. The molecule has 0 unspecified atom stereocenters. The summed E-state index contributed by atoms with van der Waals surface area (Å²) in [6, 6.07) is 20.9. The Morgan fingerprint density at radius 3 is 2.59 bits per heavy atom. The summed E-state index contributed by atoms with van der Waals surface area (Å²) in [6.45, 7) is 4.35. The molecule has 0 radical (unpaired) electrons. The van der Waals surface area contributed by atoms with Gasteiger partial charge in [0.1, 0.15) is 0 Å². The lowest BCUT2D eigenvalue weighted by Crippen LogP contribution is -2.30. The molecule has 0 saturated carbocycles. The van der Waals surface area contributed by atoms with Gasteiger partial charge in [0.15, 0.2) is 0 Å². The Bertz CT molecular complexity index is 1430. The number of para-hydroxylation sites is 1. The molecule has 0 spiro atoms. The molecule has 1 aromatic heterocycles. The zero-order valence-corrected chi connectivity index (χ0v) is 20.5. The van der Waals surface area contributed by atoms with Crippen LogP contribution in [0.1, 0.15) is 47.8 Å². The molecule has 34 heavy (non-hydrogen) atoms. The maximum Gasteiger partial charge on any atom is 0.260 e. The van der Waals surface area contributed by atoms with Gasteiger partial charge < -0.3 is 10.2 Å². The Morgan fingerprint density at radius 1 is 0.941 bits per heavy atom. The first-order valence-electron chi connectivity index (χ1n) is 11.0. The molecule has 0 atom stereocenters. The summed E-state index contributed by atoms with van der Waals surface area (Å²) in [4.78, 5) is 29.5. The van der Waals surface area contributed by atoms with Gasteiger partial charge in [0.25, 0.3) is 11.8 Å². The number of fused-ring (bicyclic) bond motifs is 2. The number of hydrogen-bond donors (Lipinski definition) is 1. The SMILES string of the molecule is Cc1ccc(C)c(C(=O)Nc2ccc(C(=O)N3Cc4ccsc4Cc4ccccc43)c(Cl)c2)c1. The third-order valence-electron chi connectivity index (χ3n) is 6.14. The van der Waals surface area contributed by atoms with Gasteiger partial charge >= 0.3 is 0 Å². The summed E-state index contributed by atoms with van der Waals surface area (Å²) in [5, 5.41) is 5.27. The number of amides is 2. The molecule has 1 aliphatic rings. The summed E-state index contributed by atoms with van der Waals surface area (Å²) in [5.74, 6) is -0.369. The Hall–Kier alpha value is -3.41. The number of carbonyl (C=O) groups excluding carboxylic acids is 2. The minimum absolute atomic E-state index is 0.163. The van der Waals surface area contributed by atoms with Crippen molar-refractivity contribution in [1.82, 2.24) is 0 Å². The number of carbonyl (C=O) groups is 2. The van der Waals surface area contributed by atoms with Crippen molar-refractivity contribution in [2.75, 3.05) is 10.2 Å². The highest BCUT2D eigenvalue weighted by molar-refractivity contribution is 7.10. The number of benzene rings is 3. The molecule has 4 aromatic rings. The van der Waals surface area contributed by atoms with E-state index in [1.165, 1.54) is 4.88 Å². The van der Waals surface area contributed by atoms with Gasteiger partial charge in [-0.15, -0.1) is 11.3 Å². The summed E-state index contributed by atoms with van der Waals surface area (Å²) in [5.41, 5.74) is 6.65. The number of anilines is 2. The maximum atomic E-state index is 13.7. The molecule has 1 aliphatic heterocycles. The second-order valence-electron chi connectivity index (χ2n) is 8.53. The van der Waals surface area contributed by atoms with Crippen LogP contribution in [0.2, 0.25) is 5.02 Å². The summed E-state index contributed by atoms with van der Waals surface area (Å²) < 4.78 is 0. The number of nitrogens with zero attached hydrogens (tertiary/aromatic N) is 1. The number of halogens is 1. The van der Waals surface area contributed by atoms with Gasteiger partial charge in [0.05, 0.1) is 17.1 Å². The van der Waals surface area contributed by atoms with Crippen molar-refractivity contribution in [2.24, 2.45) is 0 Å². The number of rotatable bonds is 3. The second-order valence-corrected chi connectivity index (χ2v) is 9.94. The minimum atomic E-state index is -0.206. The van der Waals surface area contributed by atoms with Gasteiger partial charge in [-0.3, -0.25) is 9.59 Å². The average molecular weight is 487 g/mol. The van der Waals surface area contributed by atoms with E-state index in [0.29, 0.717) is 28.4 Å². The van der Waals surface area contributed by atoms with Crippen molar-refractivity contribution in [3.63, 3.8) is 0 Å². The van der Waals surface area contributed by atoms with E-state index >= 15 is 0 Å². The first-order chi connectivity index (χ1) is 16.4. The van der Waals surface area contributed by atoms with Crippen LogP contribution in [-0.4, -0.2) is 11.8 Å². The molecule has 4 nitrogen and oxygen atoms in total. The molecule has 0 saturated heterocycles. The molecule has 2 amide bonds. The summed E-state index contributed by atoms with van der Waals surface area (Å²) in [6.07, 6.45) is 0.810. The predicted octanol–water partition coefficient (Wildman–Crippen LogP) is 7.02. The zero-order valence-electron chi connectivity index (χ0n) is 18.9. The van der Waals surface area contributed by atoms with E-state index in [2.05, 4.69) is 22.8 Å². The highest BCUT2D eigenvalue weighted by Gasteiger charge is 2.27. The Labute approximate surface area is 207 Å².